The number of nitrogens with zero attached hydrogens (tertiary/aromatic N) is 1. The first-order valence-corrected chi connectivity index (χ1v) is 9.32. The van der Waals surface area contributed by atoms with Crippen molar-refractivity contribution in [3.05, 3.63) is 71.3 Å². The van der Waals surface area contributed by atoms with Gasteiger partial charge in [-0.3, -0.25) is 19.3 Å². The Hall–Kier alpha value is -2.22. The number of halogens is 1. The molecule has 5 nitrogen and oxygen atoms in total. The van der Waals surface area contributed by atoms with E-state index >= 15 is 0 Å². The molecule has 0 spiro atoms. The van der Waals surface area contributed by atoms with Crippen molar-refractivity contribution in [1.29, 1.82) is 0 Å². The van der Waals surface area contributed by atoms with Gasteiger partial charge in [0.1, 0.15) is 6.10 Å². The van der Waals surface area contributed by atoms with Crippen molar-refractivity contribution < 1.29 is 19.1 Å². The van der Waals surface area contributed by atoms with Crippen LogP contribution in [0.3, 0.4) is 0 Å². The first-order chi connectivity index (χ1) is 12.0. The molecule has 6 heteroatoms. The standard InChI is InChI=1S/C19H16INO4/c1-12(22)25-17(13-7-3-2-4-8-13)16(11-20)21-18(23)14-9-5-6-10-15(14)19(21)24/h2-10,16-17H,11H2,1H3/t16-,17+/m1/s1. The van der Waals surface area contributed by atoms with E-state index in [1.807, 2.05) is 30.3 Å². The highest BCUT2D eigenvalue weighted by Crippen LogP contribution is 2.33. The molecule has 0 fully saturated rings. The molecule has 1 heterocycles. The number of amides is 2. The predicted molar refractivity (Wildman–Crippen MR) is 101 cm³/mol. The van der Waals surface area contributed by atoms with Crippen LogP contribution < -0.4 is 0 Å². The lowest BCUT2D eigenvalue weighted by Crippen LogP contribution is -2.45. The summed E-state index contributed by atoms with van der Waals surface area (Å²) in [6, 6.07) is 15.3. The average Bonchev–Trinajstić information content (AvgIpc) is 2.87. The smallest absolute Gasteiger partial charge is 0.303 e. The summed E-state index contributed by atoms with van der Waals surface area (Å²) in [5, 5.41) is 0. The molecule has 2 aromatic carbocycles. The van der Waals surface area contributed by atoms with E-state index in [1.54, 1.807) is 24.3 Å². The van der Waals surface area contributed by atoms with Gasteiger partial charge in [-0.15, -0.1) is 0 Å². The Kier molecular flexibility index (Phi) is 5.17. The maximum Gasteiger partial charge on any atom is 0.303 e. The first kappa shape index (κ1) is 17.6. The van der Waals surface area contributed by atoms with Crippen molar-refractivity contribution in [2.45, 2.75) is 19.1 Å². The third-order valence-electron chi connectivity index (χ3n) is 4.09. The van der Waals surface area contributed by atoms with Gasteiger partial charge >= 0.3 is 5.97 Å². The molecule has 0 unspecified atom stereocenters. The highest BCUT2D eigenvalue weighted by atomic mass is 127. The quantitative estimate of drug-likeness (QED) is 0.304. The summed E-state index contributed by atoms with van der Waals surface area (Å²) in [7, 11) is 0. The molecular formula is C19H16INO4. The zero-order chi connectivity index (χ0) is 18.0. The number of esters is 1. The predicted octanol–water partition coefficient (Wildman–Crippen LogP) is 3.39. The molecular weight excluding hydrogens is 433 g/mol. The summed E-state index contributed by atoms with van der Waals surface area (Å²) in [6.07, 6.45) is -0.710. The Morgan fingerprint density at radius 1 is 1.00 bits per heavy atom. The minimum Gasteiger partial charge on any atom is -0.455 e. The van der Waals surface area contributed by atoms with Crippen molar-refractivity contribution in [3.63, 3.8) is 0 Å². The van der Waals surface area contributed by atoms with Crippen LogP contribution in [0, 0.1) is 0 Å². The van der Waals surface area contributed by atoms with E-state index in [0.717, 1.165) is 5.56 Å². The van der Waals surface area contributed by atoms with E-state index in [2.05, 4.69) is 22.6 Å². The van der Waals surface area contributed by atoms with E-state index in [1.165, 1.54) is 11.8 Å². The fourth-order valence-corrected chi connectivity index (χ4v) is 3.84. The number of fused-ring (bicyclic) bond motifs is 1. The van der Waals surface area contributed by atoms with Crippen molar-refractivity contribution in [2.75, 3.05) is 4.43 Å². The molecule has 2 amide bonds. The van der Waals surface area contributed by atoms with Crippen LogP contribution in [0.15, 0.2) is 54.6 Å². The van der Waals surface area contributed by atoms with Gasteiger partial charge in [-0.2, -0.15) is 0 Å². The number of carbonyl (C=O) groups excluding carboxylic acids is 3. The maximum atomic E-state index is 12.8. The first-order valence-electron chi connectivity index (χ1n) is 7.79. The zero-order valence-electron chi connectivity index (χ0n) is 13.5. The molecule has 0 bridgehead atoms. The summed E-state index contributed by atoms with van der Waals surface area (Å²) < 4.78 is 5.95. The molecule has 2 atom stereocenters. The molecule has 25 heavy (non-hydrogen) atoms. The van der Waals surface area contributed by atoms with Gasteiger partial charge in [0.2, 0.25) is 0 Å². The lowest BCUT2D eigenvalue weighted by Gasteiger charge is -2.31. The van der Waals surface area contributed by atoms with Gasteiger partial charge in [0, 0.05) is 11.4 Å². The van der Waals surface area contributed by atoms with Gasteiger partial charge < -0.3 is 4.74 Å². The monoisotopic (exact) mass is 449 g/mol. The maximum absolute atomic E-state index is 12.8. The summed E-state index contributed by atoms with van der Waals surface area (Å²) >= 11 is 2.11. The van der Waals surface area contributed by atoms with Crippen LogP contribution in [-0.4, -0.2) is 33.2 Å². The number of alkyl halides is 1. The van der Waals surface area contributed by atoms with Crippen LogP contribution in [0.2, 0.25) is 0 Å². The highest BCUT2D eigenvalue weighted by Gasteiger charge is 2.43. The highest BCUT2D eigenvalue weighted by molar-refractivity contribution is 14.1. The fourth-order valence-electron chi connectivity index (χ4n) is 2.98. The lowest BCUT2D eigenvalue weighted by molar-refractivity contribution is -0.149. The molecule has 0 saturated heterocycles. The van der Waals surface area contributed by atoms with Crippen molar-refractivity contribution >= 4 is 40.4 Å². The molecule has 1 aliphatic rings. The molecule has 0 saturated carbocycles. The van der Waals surface area contributed by atoms with Gasteiger partial charge in [0.05, 0.1) is 17.2 Å². The summed E-state index contributed by atoms with van der Waals surface area (Å²) in [5.41, 5.74) is 1.52. The van der Waals surface area contributed by atoms with Crippen molar-refractivity contribution in [2.24, 2.45) is 0 Å². The van der Waals surface area contributed by atoms with E-state index in [9.17, 15) is 14.4 Å². The zero-order valence-corrected chi connectivity index (χ0v) is 15.7. The van der Waals surface area contributed by atoms with Crippen LogP contribution in [-0.2, 0) is 9.53 Å². The third-order valence-corrected chi connectivity index (χ3v) is 4.99. The van der Waals surface area contributed by atoms with E-state index in [-0.39, 0.29) is 11.8 Å². The molecule has 0 radical (unpaired) electrons. The summed E-state index contributed by atoms with van der Waals surface area (Å²) in [5.74, 6) is -1.16. The summed E-state index contributed by atoms with van der Waals surface area (Å²) in [6.45, 7) is 1.32. The second kappa shape index (κ2) is 7.35. The number of benzene rings is 2. The topological polar surface area (TPSA) is 63.7 Å². The Balaban J connectivity index is 2.02. The molecule has 1 aliphatic heterocycles. The number of hydrogen-bond donors (Lipinski definition) is 0. The van der Waals surface area contributed by atoms with E-state index in [4.69, 9.17) is 4.74 Å². The lowest BCUT2D eigenvalue weighted by atomic mass is 10.0. The Labute approximate surface area is 159 Å². The van der Waals surface area contributed by atoms with Crippen LogP contribution in [0.1, 0.15) is 39.3 Å². The largest absolute Gasteiger partial charge is 0.455 e. The van der Waals surface area contributed by atoms with Gasteiger partial charge in [-0.05, 0) is 17.7 Å². The van der Waals surface area contributed by atoms with Crippen LogP contribution in [0.4, 0.5) is 0 Å². The number of imide groups is 1. The normalized spacial score (nSPS) is 15.7. The Morgan fingerprint density at radius 3 is 2.00 bits per heavy atom. The van der Waals surface area contributed by atoms with Gasteiger partial charge in [-0.25, -0.2) is 0 Å². The average molecular weight is 449 g/mol. The number of carbonyl (C=O) groups is 3. The van der Waals surface area contributed by atoms with Gasteiger partial charge in [-0.1, -0.05) is 65.1 Å². The van der Waals surface area contributed by atoms with E-state index in [0.29, 0.717) is 15.6 Å². The Bertz CT molecular complexity index is 786. The molecule has 2 aromatic rings. The number of hydrogen-bond acceptors (Lipinski definition) is 4. The minimum atomic E-state index is -0.710. The Morgan fingerprint density at radius 2 is 1.52 bits per heavy atom. The van der Waals surface area contributed by atoms with Gasteiger partial charge in [0.15, 0.2) is 0 Å². The molecule has 0 aromatic heterocycles. The van der Waals surface area contributed by atoms with Gasteiger partial charge in [0.25, 0.3) is 11.8 Å². The number of ether oxygens (including phenoxy) is 1. The van der Waals surface area contributed by atoms with Crippen molar-refractivity contribution in [3.8, 4) is 0 Å². The van der Waals surface area contributed by atoms with E-state index < -0.39 is 18.1 Å². The fraction of sp³-hybridized carbons (Fsp3) is 0.211. The summed E-state index contributed by atoms with van der Waals surface area (Å²) in [4.78, 5) is 38.4. The third kappa shape index (κ3) is 3.30. The van der Waals surface area contributed by atoms with Crippen molar-refractivity contribution in [1.82, 2.24) is 4.90 Å². The molecule has 128 valence electrons. The van der Waals surface area contributed by atoms with Crippen LogP contribution in [0.5, 0.6) is 0 Å². The molecule has 0 aliphatic carbocycles. The molecule has 3 rings (SSSR count). The molecule has 0 N–H and O–H groups in total. The number of rotatable bonds is 5. The van der Waals surface area contributed by atoms with Crippen LogP contribution >= 0.6 is 22.6 Å². The minimum absolute atomic E-state index is 0.352. The SMILES string of the molecule is CC(=O)O[C@@H](c1ccccc1)[C@@H](CI)N1C(=O)c2ccccc2C1=O. The second-order valence-corrected chi connectivity index (χ2v) is 6.57. The van der Waals surface area contributed by atoms with Crippen LogP contribution in [0.25, 0.3) is 0 Å². The second-order valence-electron chi connectivity index (χ2n) is 5.69.